The van der Waals surface area contributed by atoms with Crippen molar-refractivity contribution in [1.82, 2.24) is 9.97 Å². The Morgan fingerprint density at radius 1 is 1.00 bits per heavy atom. The molecule has 0 amide bonds. The van der Waals surface area contributed by atoms with Crippen LogP contribution in [0.5, 0.6) is 0 Å². The van der Waals surface area contributed by atoms with Gasteiger partial charge in [0.15, 0.2) is 5.82 Å². The summed E-state index contributed by atoms with van der Waals surface area (Å²) in [7, 11) is 0. The quantitative estimate of drug-likeness (QED) is 0.764. The first kappa shape index (κ1) is 16.6. The van der Waals surface area contributed by atoms with Crippen molar-refractivity contribution >= 4 is 0 Å². The molecule has 0 saturated heterocycles. The lowest BCUT2D eigenvalue weighted by Gasteiger charge is -2.27. The van der Waals surface area contributed by atoms with E-state index in [0.717, 1.165) is 23.8 Å². The second kappa shape index (κ2) is 8.06. The molecular formula is C21H25N3. The normalized spacial score (nSPS) is 20.5. The van der Waals surface area contributed by atoms with Gasteiger partial charge in [0, 0.05) is 18.0 Å². The number of rotatable bonds is 5. The Morgan fingerprint density at radius 2 is 1.62 bits per heavy atom. The highest BCUT2D eigenvalue weighted by Gasteiger charge is 2.19. The highest BCUT2D eigenvalue weighted by atomic mass is 14.9. The Balaban J connectivity index is 1.54. The number of aromatic nitrogens is 2. The molecule has 1 fully saturated rings. The molecule has 24 heavy (non-hydrogen) atoms. The fourth-order valence-electron chi connectivity index (χ4n) is 3.65. The first-order valence-electron chi connectivity index (χ1n) is 9.10. The highest BCUT2D eigenvalue weighted by Crippen LogP contribution is 2.33. The van der Waals surface area contributed by atoms with Gasteiger partial charge in [0.05, 0.1) is 5.56 Å². The molecule has 0 radical (unpaired) electrons. The van der Waals surface area contributed by atoms with E-state index in [1.807, 2.05) is 6.07 Å². The van der Waals surface area contributed by atoms with Gasteiger partial charge in [-0.1, -0.05) is 63.3 Å². The van der Waals surface area contributed by atoms with Crippen LogP contribution < -0.4 is 0 Å². The Kier molecular flexibility index (Phi) is 5.59. The predicted molar refractivity (Wildman–Crippen MR) is 96.2 cm³/mol. The fourth-order valence-corrected chi connectivity index (χ4v) is 3.65. The summed E-state index contributed by atoms with van der Waals surface area (Å²) in [6, 6.07) is 10.6. The van der Waals surface area contributed by atoms with Crippen LogP contribution in [-0.4, -0.2) is 9.97 Å². The molecule has 1 aliphatic carbocycles. The molecule has 3 rings (SSSR count). The van der Waals surface area contributed by atoms with Crippen molar-refractivity contribution in [3.05, 3.63) is 47.8 Å². The van der Waals surface area contributed by atoms with Gasteiger partial charge < -0.3 is 0 Å². The van der Waals surface area contributed by atoms with Crippen LogP contribution in [0.3, 0.4) is 0 Å². The molecule has 0 N–H and O–H groups in total. The van der Waals surface area contributed by atoms with Crippen LogP contribution in [0.1, 0.15) is 56.6 Å². The van der Waals surface area contributed by atoms with Crippen LogP contribution in [0.15, 0.2) is 36.7 Å². The number of nitriles is 1. The minimum atomic E-state index is 0.494. The number of nitrogens with zero attached hydrogens (tertiary/aromatic N) is 3. The van der Waals surface area contributed by atoms with E-state index in [1.54, 1.807) is 12.4 Å². The molecule has 124 valence electrons. The number of aryl methyl sites for hydroxylation is 1. The summed E-state index contributed by atoms with van der Waals surface area (Å²) >= 11 is 0. The van der Waals surface area contributed by atoms with Crippen molar-refractivity contribution < 1.29 is 0 Å². The van der Waals surface area contributed by atoms with Crippen LogP contribution in [0.4, 0.5) is 0 Å². The first-order valence-corrected chi connectivity index (χ1v) is 9.10. The molecule has 1 heterocycles. The molecule has 1 aromatic heterocycles. The summed E-state index contributed by atoms with van der Waals surface area (Å²) in [4.78, 5) is 8.50. The maximum Gasteiger partial charge on any atom is 0.159 e. The van der Waals surface area contributed by atoms with Gasteiger partial charge in [-0.05, 0) is 30.2 Å². The van der Waals surface area contributed by atoms with E-state index in [2.05, 4.69) is 41.2 Å². The van der Waals surface area contributed by atoms with Crippen LogP contribution >= 0.6 is 0 Å². The van der Waals surface area contributed by atoms with E-state index in [1.165, 1.54) is 44.1 Å². The molecule has 0 unspecified atom stereocenters. The molecule has 0 spiro atoms. The zero-order valence-corrected chi connectivity index (χ0v) is 14.4. The van der Waals surface area contributed by atoms with Crippen LogP contribution in [0.25, 0.3) is 11.4 Å². The van der Waals surface area contributed by atoms with E-state index in [9.17, 15) is 0 Å². The minimum absolute atomic E-state index is 0.494. The second-order valence-corrected chi connectivity index (χ2v) is 6.94. The van der Waals surface area contributed by atoms with Crippen LogP contribution in [0.2, 0.25) is 0 Å². The third-order valence-corrected chi connectivity index (χ3v) is 5.38. The summed E-state index contributed by atoms with van der Waals surface area (Å²) in [6.07, 6.45) is 12.6. The van der Waals surface area contributed by atoms with Gasteiger partial charge in [-0.2, -0.15) is 5.26 Å². The molecule has 1 saturated carbocycles. The molecule has 2 aromatic rings. The van der Waals surface area contributed by atoms with Gasteiger partial charge in [0.25, 0.3) is 0 Å². The summed E-state index contributed by atoms with van der Waals surface area (Å²) in [5, 5.41) is 8.80. The Morgan fingerprint density at radius 3 is 2.21 bits per heavy atom. The van der Waals surface area contributed by atoms with Gasteiger partial charge in [-0.15, -0.1) is 0 Å². The molecule has 0 bridgehead atoms. The second-order valence-electron chi connectivity index (χ2n) is 6.94. The van der Waals surface area contributed by atoms with Gasteiger partial charge in [0.2, 0.25) is 0 Å². The van der Waals surface area contributed by atoms with Crippen molar-refractivity contribution in [2.24, 2.45) is 11.8 Å². The summed E-state index contributed by atoms with van der Waals surface area (Å²) in [5.41, 5.74) is 2.89. The van der Waals surface area contributed by atoms with E-state index in [-0.39, 0.29) is 0 Å². The van der Waals surface area contributed by atoms with Gasteiger partial charge >= 0.3 is 0 Å². The molecule has 3 nitrogen and oxygen atoms in total. The topological polar surface area (TPSA) is 49.6 Å². The smallest absolute Gasteiger partial charge is 0.159 e. The van der Waals surface area contributed by atoms with E-state index >= 15 is 0 Å². The number of benzene rings is 1. The standard InChI is InChI=1S/C21H25N3/c1-2-16-3-5-17(6-4-16)7-8-18-9-11-20(12-10-18)21-23-14-19(13-22)15-24-21/h9-12,14-17H,2-8H2,1H3/t16-,17-. The van der Waals surface area contributed by atoms with Crippen molar-refractivity contribution in [2.75, 3.05) is 0 Å². The highest BCUT2D eigenvalue weighted by molar-refractivity contribution is 5.55. The molecule has 0 aliphatic heterocycles. The van der Waals surface area contributed by atoms with Gasteiger partial charge in [0.1, 0.15) is 6.07 Å². The maximum atomic E-state index is 8.80. The van der Waals surface area contributed by atoms with Crippen LogP contribution in [-0.2, 0) is 6.42 Å². The van der Waals surface area contributed by atoms with E-state index in [0.29, 0.717) is 11.4 Å². The first-order chi connectivity index (χ1) is 11.8. The van der Waals surface area contributed by atoms with Crippen LogP contribution in [0, 0.1) is 23.2 Å². The Labute approximate surface area is 144 Å². The molecule has 1 aromatic carbocycles. The average molecular weight is 319 g/mol. The van der Waals surface area contributed by atoms with E-state index < -0.39 is 0 Å². The van der Waals surface area contributed by atoms with Crippen molar-refractivity contribution in [1.29, 1.82) is 5.26 Å². The zero-order valence-electron chi connectivity index (χ0n) is 14.4. The summed E-state index contributed by atoms with van der Waals surface area (Å²) in [6.45, 7) is 2.32. The third kappa shape index (κ3) is 4.20. The molecule has 0 atom stereocenters. The van der Waals surface area contributed by atoms with Gasteiger partial charge in [-0.25, -0.2) is 9.97 Å². The number of hydrogen-bond acceptors (Lipinski definition) is 3. The Bertz CT molecular complexity index is 675. The lowest BCUT2D eigenvalue weighted by Crippen LogP contribution is -2.14. The van der Waals surface area contributed by atoms with Crippen molar-refractivity contribution in [3.8, 4) is 17.5 Å². The molecular weight excluding hydrogens is 294 g/mol. The molecule has 1 aliphatic rings. The fraction of sp³-hybridized carbons (Fsp3) is 0.476. The zero-order chi connectivity index (χ0) is 16.8. The lowest BCUT2D eigenvalue weighted by atomic mass is 9.78. The van der Waals surface area contributed by atoms with Crippen molar-refractivity contribution in [3.63, 3.8) is 0 Å². The predicted octanol–water partition coefficient (Wildman–Crippen LogP) is 5.16. The number of hydrogen-bond donors (Lipinski definition) is 0. The SMILES string of the molecule is CC[C@H]1CC[C@H](CCc2ccc(-c3ncc(C#N)cn3)cc2)CC1. The molecule has 3 heteroatoms. The van der Waals surface area contributed by atoms with Gasteiger partial charge in [-0.3, -0.25) is 0 Å². The largest absolute Gasteiger partial charge is 0.235 e. The summed E-state index contributed by atoms with van der Waals surface area (Å²) < 4.78 is 0. The average Bonchev–Trinajstić information content (AvgIpc) is 2.67. The van der Waals surface area contributed by atoms with E-state index in [4.69, 9.17) is 5.26 Å². The third-order valence-electron chi connectivity index (χ3n) is 5.38. The van der Waals surface area contributed by atoms with Crippen molar-refractivity contribution in [2.45, 2.75) is 51.9 Å². The monoisotopic (exact) mass is 319 g/mol. The maximum absolute atomic E-state index is 8.80. The Hall–Kier alpha value is -2.21. The minimum Gasteiger partial charge on any atom is -0.235 e. The summed E-state index contributed by atoms with van der Waals surface area (Å²) in [5.74, 6) is 2.57. The lowest BCUT2D eigenvalue weighted by molar-refractivity contribution is 0.259.